The Hall–Kier alpha value is -2.07. The van der Waals surface area contributed by atoms with E-state index in [-0.39, 0.29) is 24.9 Å². The van der Waals surface area contributed by atoms with Crippen LogP contribution in [0.25, 0.3) is 0 Å². The first-order chi connectivity index (χ1) is 12.5. The molecule has 2 aromatic carbocycles. The van der Waals surface area contributed by atoms with Crippen LogP contribution >= 0.6 is 0 Å². The predicted molar refractivity (Wildman–Crippen MR) is 83.6 cm³/mol. The van der Waals surface area contributed by atoms with Crippen LogP contribution in [0.1, 0.15) is 30.0 Å². The molecule has 1 aliphatic heterocycles. The summed E-state index contributed by atoms with van der Waals surface area (Å²) >= 11 is 0. The number of benzene rings is 2. The van der Waals surface area contributed by atoms with Crippen LogP contribution in [-0.2, 0) is 16.2 Å². The third-order valence-electron chi connectivity index (χ3n) is 4.42. The number of sulfonamides is 1. The Labute approximate surface area is 151 Å². The molecule has 3 rings (SSSR count). The van der Waals surface area contributed by atoms with Crippen molar-refractivity contribution in [3.8, 4) is 0 Å². The van der Waals surface area contributed by atoms with Gasteiger partial charge in [0.25, 0.3) is 0 Å². The molecule has 0 amide bonds. The van der Waals surface area contributed by atoms with E-state index >= 15 is 0 Å². The first-order valence-corrected chi connectivity index (χ1v) is 9.30. The number of nitrogens with zero attached hydrogens (tertiary/aromatic N) is 1. The standard InChI is InChI=1S/C17H13F6NO2S/c18-12-7-8-14(16(20)15(12)19)27(25,26)24-9-3-6-13(24)10-4-1-2-5-11(10)17(21,22)23/h1-2,4-5,7-8,13H,3,6,9H2. The number of alkyl halides is 3. The summed E-state index contributed by atoms with van der Waals surface area (Å²) in [5.41, 5.74) is -1.27. The van der Waals surface area contributed by atoms with Gasteiger partial charge in [0.2, 0.25) is 10.0 Å². The average molecular weight is 409 g/mol. The van der Waals surface area contributed by atoms with Crippen LogP contribution in [0.2, 0.25) is 0 Å². The molecule has 1 fully saturated rings. The highest BCUT2D eigenvalue weighted by Crippen LogP contribution is 2.42. The molecule has 0 saturated carbocycles. The molecule has 1 heterocycles. The van der Waals surface area contributed by atoms with Gasteiger partial charge in [-0.15, -0.1) is 0 Å². The molecule has 0 bridgehead atoms. The van der Waals surface area contributed by atoms with E-state index in [1.54, 1.807) is 0 Å². The molecule has 146 valence electrons. The maximum Gasteiger partial charge on any atom is 0.416 e. The van der Waals surface area contributed by atoms with E-state index in [1.165, 1.54) is 12.1 Å². The molecule has 3 nitrogen and oxygen atoms in total. The summed E-state index contributed by atoms with van der Waals surface area (Å²) in [6, 6.07) is 4.33. The molecule has 0 spiro atoms. The Kier molecular flexibility index (Phi) is 4.98. The van der Waals surface area contributed by atoms with E-state index in [9.17, 15) is 34.8 Å². The molecular weight excluding hydrogens is 396 g/mol. The zero-order valence-electron chi connectivity index (χ0n) is 13.6. The molecule has 0 aromatic heterocycles. The van der Waals surface area contributed by atoms with Gasteiger partial charge in [0.05, 0.1) is 11.6 Å². The minimum atomic E-state index is -4.71. The second-order valence-electron chi connectivity index (χ2n) is 6.03. The monoisotopic (exact) mass is 409 g/mol. The third-order valence-corrected chi connectivity index (χ3v) is 6.34. The van der Waals surface area contributed by atoms with Crippen LogP contribution in [0.4, 0.5) is 26.3 Å². The van der Waals surface area contributed by atoms with Crippen molar-refractivity contribution >= 4 is 10.0 Å². The summed E-state index contributed by atoms with van der Waals surface area (Å²) in [7, 11) is -4.68. The van der Waals surface area contributed by atoms with Crippen LogP contribution in [0, 0.1) is 17.5 Å². The fourth-order valence-corrected chi connectivity index (χ4v) is 4.95. The lowest BCUT2D eigenvalue weighted by Crippen LogP contribution is -2.32. The van der Waals surface area contributed by atoms with Gasteiger partial charge in [-0.2, -0.15) is 17.5 Å². The molecule has 0 aliphatic carbocycles. The second kappa shape index (κ2) is 6.83. The predicted octanol–water partition coefficient (Wildman–Crippen LogP) is 4.65. The van der Waals surface area contributed by atoms with Crippen molar-refractivity contribution in [2.45, 2.75) is 30.0 Å². The largest absolute Gasteiger partial charge is 0.416 e. The Balaban J connectivity index is 2.09. The minimum absolute atomic E-state index is 0.0810. The first-order valence-electron chi connectivity index (χ1n) is 7.86. The zero-order valence-corrected chi connectivity index (χ0v) is 14.4. The lowest BCUT2D eigenvalue weighted by molar-refractivity contribution is -0.138. The van der Waals surface area contributed by atoms with Gasteiger partial charge in [0, 0.05) is 6.54 Å². The molecule has 1 unspecified atom stereocenters. The first kappa shape index (κ1) is 19.7. The van der Waals surface area contributed by atoms with Gasteiger partial charge in [-0.05, 0) is 36.6 Å². The lowest BCUT2D eigenvalue weighted by atomic mass is 9.99. The fraction of sp³-hybridized carbons (Fsp3) is 0.294. The van der Waals surface area contributed by atoms with Crippen molar-refractivity contribution in [2.24, 2.45) is 0 Å². The van der Waals surface area contributed by atoms with Crippen LogP contribution in [0.5, 0.6) is 0 Å². The van der Waals surface area contributed by atoms with E-state index in [1.807, 2.05) is 0 Å². The van der Waals surface area contributed by atoms with Gasteiger partial charge in [-0.3, -0.25) is 0 Å². The van der Waals surface area contributed by atoms with Crippen LogP contribution < -0.4 is 0 Å². The number of halogens is 6. The molecule has 2 aromatic rings. The molecule has 1 saturated heterocycles. The van der Waals surface area contributed by atoms with Gasteiger partial charge in [0.1, 0.15) is 4.90 Å². The highest BCUT2D eigenvalue weighted by Gasteiger charge is 2.42. The van der Waals surface area contributed by atoms with Gasteiger partial charge >= 0.3 is 6.18 Å². The SMILES string of the molecule is O=S(=O)(c1ccc(F)c(F)c1F)N1CCCC1c1ccccc1C(F)(F)F. The molecule has 0 radical (unpaired) electrons. The van der Waals surface area contributed by atoms with E-state index in [0.29, 0.717) is 16.4 Å². The Bertz CT molecular complexity index is 974. The summed E-state index contributed by atoms with van der Waals surface area (Å²) in [5, 5.41) is 0. The maximum atomic E-state index is 14.0. The average Bonchev–Trinajstić information content (AvgIpc) is 3.09. The summed E-state index contributed by atoms with van der Waals surface area (Å²) in [6.07, 6.45) is -4.39. The Morgan fingerprint density at radius 2 is 1.63 bits per heavy atom. The summed E-state index contributed by atoms with van der Waals surface area (Å²) < 4.78 is 107. The number of rotatable bonds is 3. The van der Waals surface area contributed by atoms with Crippen molar-refractivity contribution in [1.29, 1.82) is 0 Å². The van der Waals surface area contributed by atoms with E-state index in [2.05, 4.69) is 0 Å². The highest BCUT2D eigenvalue weighted by molar-refractivity contribution is 7.89. The van der Waals surface area contributed by atoms with Crippen LogP contribution in [0.15, 0.2) is 41.3 Å². The van der Waals surface area contributed by atoms with Gasteiger partial charge in [0.15, 0.2) is 17.5 Å². The smallest absolute Gasteiger partial charge is 0.207 e. The van der Waals surface area contributed by atoms with Gasteiger partial charge in [-0.25, -0.2) is 21.6 Å². The van der Waals surface area contributed by atoms with Crippen molar-refractivity contribution in [3.63, 3.8) is 0 Å². The molecule has 10 heteroatoms. The molecule has 0 N–H and O–H groups in total. The maximum absolute atomic E-state index is 14.0. The highest BCUT2D eigenvalue weighted by atomic mass is 32.2. The molecule has 1 atom stereocenters. The topological polar surface area (TPSA) is 37.4 Å². The van der Waals surface area contributed by atoms with Crippen molar-refractivity contribution < 1.29 is 34.8 Å². The molecule has 1 aliphatic rings. The summed E-state index contributed by atoms with van der Waals surface area (Å²) in [4.78, 5) is -1.11. The second-order valence-corrected chi connectivity index (χ2v) is 7.89. The van der Waals surface area contributed by atoms with Crippen molar-refractivity contribution in [2.75, 3.05) is 6.54 Å². The molecular formula is C17H13F6NO2S. The minimum Gasteiger partial charge on any atom is -0.207 e. The van der Waals surface area contributed by atoms with Crippen molar-refractivity contribution in [1.82, 2.24) is 4.31 Å². The van der Waals surface area contributed by atoms with Crippen molar-refractivity contribution in [3.05, 3.63) is 65.0 Å². The Morgan fingerprint density at radius 1 is 0.963 bits per heavy atom. The summed E-state index contributed by atoms with van der Waals surface area (Å²) in [6.45, 7) is -0.169. The van der Waals surface area contributed by atoms with Gasteiger partial charge in [-0.1, -0.05) is 18.2 Å². The summed E-state index contributed by atoms with van der Waals surface area (Å²) in [5.74, 6) is -5.42. The Morgan fingerprint density at radius 3 is 2.30 bits per heavy atom. The fourth-order valence-electron chi connectivity index (χ4n) is 3.22. The number of hydrogen-bond acceptors (Lipinski definition) is 2. The van der Waals surface area contributed by atoms with Gasteiger partial charge < -0.3 is 0 Å². The van der Waals surface area contributed by atoms with E-state index in [0.717, 1.165) is 12.1 Å². The van der Waals surface area contributed by atoms with Crippen LogP contribution in [-0.4, -0.2) is 19.3 Å². The number of hydrogen-bond donors (Lipinski definition) is 0. The molecule has 27 heavy (non-hydrogen) atoms. The normalized spacial score (nSPS) is 18.8. The van der Waals surface area contributed by atoms with E-state index < -0.39 is 50.2 Å². The van der Waals surface area contributed by atoms with Crippen LogP contribution in [0.3, 0.4) is 0 Å². The lowest BCUT2D eigenvalue weighted by Gasteiger charge is -2.27. The third kappa shape index (κ3) is 3.43. The van der Waals surface area contributed by atoms with E-state index in [4.69, 9.17) is 0 Å². The zero-order chi connectivity index (χ0) is 20.0. The quantitative estimate of drug-likeness (QED) is 0.547.